The van der Waals surface area contributed by atoms with Gasteiger partial charge in [-0.15, -0.1) is 11.3 Å². The van der Waals surface area contributed by atoms with Crippen molar-refractivity contribution in [2.24, 2.45) is 0 Å². The maximum atomic E-state index is 11.9. The van der Waals surface area contributed by atoms with Crippen LogP contribution in [0.2, 0.25) is 0 Å². The van der Waals surface area contributed by atoms with Gasteiger partial charge in [-0.25, -0.2) is 4.79 Å². The summed E-state index contributed by atoms with van der Waals surface area (Å²) in [7, 11) is 0. The Morgan fingerprint density at radius 3 is 2.50 bits per heavy atom. The lowest BCUT2D eigenvalue weighted by Crippen LogP contribution is -2.14. The zero-order valence-corrected chi connectivity index (χ0v) is 10.5. The Morgan fingerprint density at radius 1 is 1.22 bits per heavy atom. The van der Waals surface area contributed by atoms with E-state index in [2.05, 4.69) is 5.32 Å². The molecule has 4 nitrogen and oxygen atoms in total. The molecule has 0 bridgehead atoms. The van der Waals surface area contributed by atoms with E-state index in [9.17, 15) is 9.59 Å². The molecule has 1 aromatic heterocycles. The number of aryl methyl sites for hydroxylation is 1. The molecule has 5 heteroatoms. The number of carboxylic acid groups (broad SMARTS) is 1. The first kappa shape index (κ1) is 12.3. The van der Waals surface area contributed by atoms with Crippen molar-refractivity contribution in [3.63, 3.8) is 0 Å². The van der Waals surface area contributed by atoms with Crippen LogP contribution in [0.15, 0.2) is 35.7 Å². The quantitative estimate of drug-likeness (QED) is 0.892. The Kier molecular flexibility index (Phi) is 3.43. The molecule has 0 fully saturated rings. The van der Waals surface area contributed by atoms with E-state index in [0.29, 0.717) is 11.3 Å². The number of carboxylic acids is 1. The standard InChI is InChI=1S/C13H11NO3S/c1-8-7-18-11(13(16)17)10(8)14-12(15)9-5-3-2-4-6-9/h2-7H,1H3,(H,14,15)(H,16,17). The number of rotatable bonds is 3. The van der Waals surface area contributed by atoms with Gasteiger partial charge in [0.2, 0.25) is 0 Å². The van der Waals surface area contributed by atoms with Crippen LogP contribution in [0, 0.1) is 6.92 Å². The molecule has 2 N–H and O–H groups in total. The van der Waals surface area contributed by atoms with Crippen LogP contribution in [0.1, 0.15) is 25.6 Å². The third-order valence-corrected chi connectivity index (χ3v) is 3.53. The van der Waals surface area contributed by atoms with Crippen molar-refractivity contribution in [3.05, 3.63) is 51.7 Å². The minimum absolute atomic E-state index is 0.150. The normalized spacial score (nSPS) is 10.1. The molecule has 0 aliphatic rings. The second kappa shape index (κ2) is 5.01. The van der Waals surface area contributed by atoms with Crippen molar-refractivity contribution in [1.29, 1.82) is 0 Å². The van der Waals surface area contributed by atoms with E-state index >= 15 is 0 Å². The van der Waals surface area contributed by atoms with Crippen molar-refractivity contribution in [3.8, 4) is 0 Å². The maximum Gasteiger partial charge on any atom is 0.348 e. The fraction of sp³-hybridized carbons (Fsp3) is 0.0769. The highest BCUT2D eigenvalue weighted by atomic mass is 32.1. The summed E-state index contributed by atoms with van der Waals surface area (Å²) >= 11 is 1.11. The largest absolute Gasteiger partial charge is 0.477 e. The summed E-state index contributed by atoms with van der Waals surface area (Å²) in [6.07, 6.45) is 0. The highest BCUT2D eigenvalue weighted by molar-refractivity contribution is 7.12. The van der Waals surface area contributed by atoms with Crippen LogP contribution >= 0.6 is 11.3 Å². The fourth-order valence-corrected chi connectivity index (χ4v) is 2.38. The van der Waals surface area contributed by atoms with Crippen LogP contribution in [0.25, 0.3) is 0 Å². The summed E-state index contributed by atoms with van der Waals surface area (Å²) in [6.45, 7) is 1.77. The van der Waals surface area contributed by atoms with Gasteiger partial charge in [-0.3, -0.25) is 4.79 Å². The molecule has 2 rings (SSSR count). The van der Waals surface area contributed by atoms with Crippen molar-refractivity contribution in [2.45, 2.75) is 6.92 Å². The minimum Gasteiger partial charge on any atom is -0.477 e. The number of aromatic carboxylic acids is 1. The van der Waals surface area contributed by atoms with Gasteiger partial charge in [0.1, 0.15) is 4.88 Å². The van der Waals surface area contributed by atoms with Gasteiger partial charge in [-0.2, -0.15) is 0 Å². The molecule has 0 unspecified atom stereocenters. The Hall–Kier alpha value is -2.14. The van der Waals surface area contributed by atoms with Crippen LogP contribution < -0.4 is 5.32 Å². The Labute approximate surface area is 108 Å². The molecular formula is C13H11NO3S. The first-order valence-electron chi connectivity index (χ1n) is 5.27. The van der Waals surface area contributed by atoms with Crippen molar-refractivity contribution >= 4 is 28.9 Å². The van der Waals surface area contributed by atoms with E-state index in [0.717, 1.165) is 16.9 Å². The molecule has 0 saturated carbocycles. The molecule has 0 aliphatic heterocycles. The number of benzene rings is 1. The Morgan fingerprint density at radius 2 is 1.89 bits per heavy atom. The van der Waals surface area contributed by atoms with E-state index in [-0.39, 0.29) is 10.8 Å². The van der Waals surface area contributed by atoms with Crippen LogP contribution in [0.4, 0.5) is 5.69 Å². The first-order chi connectivity index (χ1) is 8.59. The van der Waals surface area contributed by atoms with Crippen LogP contribution in [0.5, 0.6) is 0 Å². The van der Waals surface area contributed by atoms with Crippen molar-refractivity contribution in [1.82, 2.24) is 0 Å². The zero-order chi connectivity index (χ0) is 13.1. The van der Waals surface area contributed by atoms with Gasteiger partial charge in [0, 0.05) is 5.56 Å². The Bertz CT molecular complexity index is 590. The summed E-state index contributed by atoms with van der Waals surface area (Å²) in [4.78, 5) is 23.1. The highest BCUT2D eigenvalue weighted by Gasteiger charge is 2.17. The van der Waals surface area contributed by atoms with Gasteiger partial charge in [-0.1, -0.05) is 18.2 Å². The van der Waals surface area contributed by atoms with Gasteiger partial charge in [0.05, 0.1) is 5.69 Å². The number of carbonyl (C=O) groups excluding carboxylic acids is 1. The van der Waals surface area contributed by atoms with E-state index in [1.165, 1.54) is 0 Å². The minimum atomic E-state index is -1.03. The molecule has 2 aromatic rings. The molecule has 18 heavy (non-hydrogen) atoms. The van der Waals surface area contributed by atoms with E-state index in [1.807, 2.05) is 6.07 Å². The highest BCUT2D eigenvalue weighted by Crippen LogP contribution is 2.27. The number of thiophene rings is 1. The van der Waals surface area contributed by atoms with Gasteiger partial charge < -0.3 is 10.4 Å². The lowest BCUT2D eigenvalue weighted by Gasteiger charge is -2.06. The van der Waals surface area contributed by atoms with Gasteiger partial charge in [0.25, 0.3) is 5.91 Å². The monoisotopic (exact) mass is 261 g/mol. The molecule has 92 valence electrons. The maximum absolute atomic E-state index is 11.9. The predicted octanol–water partition coefficient (Wildman–Crippen LogP) is 3.01. The van der Waals surface area contributed by atoms with E-state index < -0.39 is 5.97 Å². The fourth-order valence-electron chi connectivity index (χ4n) is 1.53. The molecule has 0 spiro atoms. The van der Waals surface area contributed by atoms with Crippen LogP contribution in [-0.4, -0.2) is 17.0 Å². The van der Waals surface area contributed by atoms with Crippen molar-refractivity contribution in [2.75, 3.05) is 5.32 Å². The molecule has 0 aliphatic carbocycles. The number of hydrogen-bond acceptors (Lipinski definition) is 3. The summed E-state index contributed by atoms with van der Waals surface area (Å²) in [6, 6.07) is 8.69. The van der Waals surface area contributed by atoms with Gasteiger partial charge in [-0.05, 0) is 30.0 Å². The van der Waals surface area contributed by atoms with E-state index in [1.54, 1.807) is 36.6 Å². The van der Waals surface area contributed by atoms with Gasteiger partial charge >= 0.3 is 5.97 Å². The number of carbonyl (C=O) groups is 2. The Balaban J connectivity index is 2.27. The molecule has 1 heterocycles. The topological polar surface area (TPSA) is 66.4 Å². The van der Waals surface area contributed by atoms with Crippen molar-refractivity contribution < 1.29 is 14.7 Å². The second-order valence-electron chi connectivity index (χ2n) is 3.75. The average molecular weight is 261 g/mol. The van der Waals surface area contributed by atoms with E-state index in [4.69, 9.17) is 5.11 Å². The molecule has 1 amide bonds. The lowest BCUT2D eigenvalue weighted by molar-refractivity contribution is 0.0703. The molecule has 1 aromatic carbocycles. The smallest absolute Gasteiger partial charge is 0.348 e. The number of anilines is 1. The third kappa shape index (κ3) is 2.41. The predicted molar refractivity (Wildman–Crippen MR) is 70.4 cm³/mol. The SMILES string of the molecule is Cc1csc(C(=O)O)c1NC(=O)c1ccccc1. The summed E-state index contributed by atoms with van der Waals surface area (Å²) < 4.78 is 0. The number of amides is 1. The zero-order valence-electron chi connectivity index (χ0n) is 9.64. The molecule has 0 radical (unpaired) electrons. The number of nitrogens with one attached hydrogen (secondary N) is 1. The molecule has 0 saturated heterocycles. The summed E-state index contributed by atoms with van der Waals surface area (Å²) in [5, 5.41) is 13.4. The second-order valence-corrected chi connectivity index (χ2v) is 4.63. The number of hydrogen-bond donors (Lipinski definition) is 2. The van der Waals surface area contributed by atoms with Crippen LogP contribution in [0.3, 0.4) is 0 Å². The summed E-state index contributed by atoms with van der Waals surface area (Å²) in [5.41, 5.74) is 1.63. The average Bonchev–Trinajstić information content (AvgIpc) is 2.72. The van der Waals surface area contributed by atoms with Crippen LogP contribution in [-0.2, 0) is 0 Å². The third-order valence-electron chi connectivity index (χ3n) is 2.44. The summed E-state index contributed by atoms with van der Waals surface area (Å²) in [5.74, 6) is -1.34. The lowest BCUT2D eigenvalue weighted by atomic mass is 10.2. The molecular weight excluding hydrogens is 250 g/mol. The molecule has 0 atom stereocenters. The first-order valence-corrected chi connectivity index (χ1v) is 6.15. The van der Waals surface area contributed by atoms with Gasteiger partial charge in [0.15, 0.2) is 0 Å².